The molecule has 1 atom stereocenters. The van der Waals surface area contributed by atoms with E-state index in [9.17, 15) is 9.59 Å². The zero-order chi connectivity index (χ0) is 18.4. The Labute approximate surface area is 151 Å². The number of anilines is 1. The van der Waals surface area contributed by atoms with Gasteiger partial charge in [0.2, 0.25) is 5.91 Å². The lowest BCUT2D eigenvalue weighted by molar-refractivity contribution is -0.130. The molecule has 1 aliphatic rings. The van der Waals surface area contributed by atoms with Crippen LogP contribution in [-0.2, 0) is 4.79 Å². The molecule has 25 heavy (non-hydrogen) atoms. The highest BCUT2D eigenvalue weighted by molar-refractivity contribution is 5.90. The van der Waals surface area contributed by atoms with Gasteiger partial charge in [0.1, 0.15) is 0 Å². The van der Waals surface area contributed by atoms with Gasteiger partial charge in [0.25, 0.3) is 0 Å². The standard InChI is InChI=1S/C20H31N3O2/c1-14(2)9-11-23-12-10-17(6-8-19(23)24)21-20(25)22-18-7-5-15(3)13-16(18)4/h5,7,13-14,17H,6,8-12H2,1-4H3,(H2,21,22,25). The maximum atomic E-state index is 12.3. The number of benzene rings is 1. The highest BCUT2D eigenvalue weighted by Gasteiger charge is 2.23. The minimum absolute atomic E-state index is 0.0405. The van der Waals surface area contributed by atoms with E-state index in [0.29, 0.717) is 18.8 Å². The first-order valence-corrected chi connectivity index (χ1v) is 9.27. The summed E-state index contributed by atoms with van der Waals surface area (Å²) in [6, 6.07) is 5.81. The van der Waals surface area contributed by atoms with Crippen molar-refractivity contribution in [1.82, 2.24) is 10.2 Å². The number of carbonyl (C=O) groups excluding carboxylic acids is 2. The number of likely N-dealkylation sites (tertiary alicyclic amines) is 1. The number of nitrogens with zero attached hydrogens (tertiary/aromatic N) is 1. The number of rotatable bonds is 5. The summed E-state index contributed by atoms with van der Waals surface area (Å²) < 4.78 is 0. The van der Waals surface area contributed by atoms with Crippen LogP contribution in [0.5, 0.6) is 0 Å². The van der Waals surface area contributed by atoms with E-state index in [1.807, 2.05) is 36.9 Å². The van der Waals surface area contributed by atoms with Crippen LogP contribution in [0.15, 0.2) is 18.2 Å². The van der Waals surface area contributed by atoms with Crippen molar-refractivity contribution in [2.75, 3.05) is 18.4 Å². The fraction of sp³-hybridized carbons (Fsp3) is 0.600. The normalized spacial score (nSPS) is 18.2. The lowest BCUT2D eigenvalue weighted by atomic mass is 10.1. The molecule has 2 N–H and O–H groups in total. The van der Waals surface area contributed by atoms with Gasteiger partial charge < -0.3 is 15.5 Å². The average molecular weight is 345 g/mol. The van der Waals surface area contributed by atoms with Gasteiger partial charge in [-0.3, -0.25) is 4.79 Å². The minimum atomic E-state index is -0.194. The minimum Gasteiger partial charge on any atom is -0.343 e. The molecular formula is C20H31N3O2. The summed E-state index contributed by atoms with van der Waals surface area (Å²) in [4.78, 5) is 26.5. The van der Waals surface area contributed by atoms with E-state index in [-0.39, 0.29) is 18.0 Å². The summed E-state index contributed by atoms with van der Waals surface area (Å²) in [6.45, 7) is 9.90. The van der Waals surface area contributed by atoms with E-state index in [4.69, 9.17) is 0 Å². The maximum Gasteiger partial charge on any atom is 0.319 e. The number of hydrogen-bond donors (Lipinski definition) is 2. The Kier molecular flexibility index (Phi) is 6.85. The molecule has 1 fully saturated rings. The zero-order valence-electron chi connectivity index (χ0n) is 15.9. The summed E-state index contributed by atoms with van der Waals surface area (Å²) in [6.07, 6.45) is 3.05. The van der Waals surface area contributed by atoms with Gasteiger partial charge in [-0.2, -0.15) is 0 Å². The molecule has 5 nitrogen and oxygen atoms in total. The topological polar surface area (TPSA) is 61.4 Å². The van der Waals surface area contributed by atoms with Gasteiger partial charge in [-0.25, -0.2) is 4.79 Å². The molecule has 0 aromatic heterocycles. The van der Waals surface area contributed by atoms with Crippen LogP contribution in [0.3, 0.4) is 0 Å². The maximum absolute atomic E-state index is 12.3. The Balaban J connectivity index is 1.86. The molecule has 0 saturated carbocycles. The molecule has 1 heterocycles. The monoisotopic (exact) mass is 345 g/mol. The van der Waals surface area contributed by atoms with Gasteiger partial charge >= 0.3 is 6.03 Å². The average Bonchev–Trinajstić information content (AvgIpc) is 2.70. The van der Waals surface area contributed by atoms with Crippen molar-refractivity contribution in [3.63, 3.8) is 0 Å². The highest BCUT2D eigenvalue weighted by Crippen LogP contribution is 2.17. The molecule has 138 valence electrons. The van der Waals surface area contributed by atoms with Gasteiger partial charge in [0, 0.05) is 31.2 Å². The van der Waals surface area contributed by atoms with Gasteiger partial charge in [-0.15, -0.1) is 0 Å². The first kappa shape index (κ1) is 19.3. The van der Waals surface area contributed by atoms with E-state index >= 15 is 0 Å². The van der Waals surface area contributed by atoms with Crippen LogP contribution in [0.4, 0.5) is 10.5 Å². The molecule has 2 rings (SSSR count). The summed E-state index contributed by atoms with van der Waals surface area (Å²) in [7, 11) is 0. The number of carbonyl (C=O) groups is 2. The summed E-state index contributed by atoms with van der Waals surface area (Å²) in [5.41, 5.74) is 3.05. The number of hydrogen-bond acceptors (Lipinski definition) is 2. The van der Waals surface area contributed by atoms with E-state index in [1.165, 1.54) is 5.56 Å². The van der Waals surface area contributed by atoms with Crippen molar-refractivity contribution in [3.05, 3.63) is 29.3 Å². The highest BCUT2D eigenvalue weighted by atomic mass is 16.2. The molecular weight excluding hydrogens is 314 g/mol. The van der Waals surface area contributed by atoms with E-state index < -0.39 is 0 Å². The van der Waals surface area contributed by atoms with Crippen LogP contribution >= 0.6 is 0 Å². The molecule has 1 aromatic rings. The van der Waals surface area contributed by atoms with Crippen LogP contribution in [0.25, 0.3) is 0 Å². The van der Waals surface area contributed by atoms with Crippen LogP contribution in [-0.4, -0.2) is 36.0 Å². The Morgan fingerprint density at radius 2 is 2.04 bits per heavy atom. The van der Waals surface area contributed by atoms with Crippen LogP contribution in [0.2, 0.25) is 0 Å². The molecule has 0 bridgehead atoms. The Morgan fingerprint density at radius 1 is 1.28 bits per heavy atom. The number of nitrogens with one attached hydrogen (secondary N) is 2. The van der Waals surface area contributed by atoms with Crippen molar-refractivity contribution in [1.29, 1.82) is 0 Å². The fourth-order valence-corrected chi connectivity index (χ4v) is 3.13. The van der Waals surface area contributed by atoms with Crippen molar-refractivity contribution in [2.45, 2.75) is 59.4 Å². The lowest BCUT2D eigenvalue weighted by Gasteiger charge is -2.22. The molecule has 1 saturated heterocycles. The predicted molar refractivity (Wildman–Crippen MR) is 102 cm³/mol. The second-order valence-electron chi connectivity index (χ2n) is 7.50. The lowest BCUT2D eigenvalue weighted by Crippen LogP contribution is -2.39. The third-order valence-electron chi connectivity index (χ3n) is 4.75. The second-order valence-corrected chi connectivity index (χ2v) is 7.50. The van der Waals surface area contributed by atoms with Gasteiger partial charge in [0.05, 0.1) is 0 Å². The largest absolute Gasteiger partial charge is 0.343 e. The predicted octanol–water partition coefficient (Wildman–Crippen LogP) is 3.85. The summed E-state index contributed by atoms with van der Waals surface area (Å²) in [5, 5.41) is 5.95. The third kappa shape index (κ3) is 6.07. The molecule has 1 aromatic carbocycles. The van der Waals surface area contributed by atoms with E-state index in [1.54, 1.807) is 0 Å². The summed E-state index contributed by atoms with van der Waals surface area (Å²) in [5.74, 6) is 0.799. The van der Waals surface area contributed by atoms with Gasteiger partial charge in [-0.05, 0) is 50.7 Å². The summed E-state index contributed by atoms with van der Waals surface area (Å²) >= 11 is 0. The van der Waals surface area contributed by atoms with Gasteiger partial charge in [-0.1, -0.05) is 31.5 Å². The smallest absolute Gasteiger partial charge is 0.319 e. The van der Waals surface area contributed by atoms with Gasteiger partial charge in [0.15, 0.2) is 0 Å². The van der Waals surface area contributed by atoms with Crippen molar-refractivity contribution < 1.29 is 9.59 Å². The van der Waals surface area contributed by atoms with Crippen LogP contribution in [0, 0.1) is 19.8 Å². The third-order valence-corrected chi connectivity index (χ3v) is 4.75. The quantitative estimate of drug-likeness (QED) is 0.851. The van der Waals surface area contributed by atoms with Crippen molar-refractivity contribution >= 4 is 17.6 Å². The number of aryl methyl sites for hydroxylation is 2. The Hall–Kier alpha value is -2.04. The molecule has 0 aliphatic carbocycles. The number of amides is 3. The SMILES string of the molecule is Cc1ccc(NC(=O)NC2CCC(=O)N(CCC(C)C)CC2)c(C)c1. The molecule has 0 radical (unpaired) electrons. The molecule has 5 heteroatoms. The zero-order valence-corrected chi connectivity index (χ0v) is 15.9. The van der Waals surface area contributed by atoms with Crippen LogP contribution in [0.1, 0.15) is 50.7 Å². The number of urea groups is 1. The van der Waals surface area contributed by atoms with Crippen molar-refractivity contribution in [3.8, 4) is 0 Å². The van der Waals surface area contributed by atoms with E-state index in [0.717, 1.165) is 37.2 Å². The Morgan fingerprint density at radius 3 is 2.72 bits per heavy atom. The van der Waals surface area contributed by atoms with E-state index in [2.05, 4.69) is 24.5 Å². The van der Waals surface area contributed by atoms with Crippen molar-refractivity contribution in [2.24, 2.45) is 5.92 Å². The fourth-order valence-electron chi connectivity index (χ4n) is 3.13. The first-order valence-electron chi connectivity index (χ1n) is 9.27. The molecule has 1 unspecified atom stereocenters. The molecule has 0 spiro atoms. The second kappa shape index (κ2) is 8.88. The van der Waals surface area contributed by atoms with Crippen LogP contribution < -0.4 is 10.6 Å². The first-order chi connectivity index (χ1) is 11.8. The molecule has 1 aliphatic heterocycles. The Bertz CT molecular complexity index is 613. The molecule has 3 amide bonds.